The molecule has 2 saturated heterocycles. The second-order valence-electron chi connectivity index (χ2n) is 4.98. The van der Waals surface area contributed by atoms with Gasteiger partial charge in [0.05, 0.1) is 13.2 Å². The first-order valence-electron chi connectivity index (χ1n) is 5.54. The summed E-state index contributed by atoms with van der Waals surface area (Å²) >= 11 is 0. The molecule has 0 N–H and O–H groups in total. The van der Waals surface area contributed by atoms with Crippen molar-refractivity contribution in [3.8, 4) is 0 Å². The van der Waals surface area contributed by atoms with E-state index in [1.54, 1.807) is 0 Å². The molecule has 2 nitrogen and oxygen atoms in total. The largest absolute Gasteiger partial charge is 0.380 e. The topological polar surface area (TPSA) is 12.5 Å². The minimum atomic E-state index is 0.518. The Bertz CT molecular complexity index is 171. The van der Waals surface area contributed by atoms with E-state index >= 15 is 0 Å². The van der Waals surface area contributed by atoms with Crippen LogP contribution in [-0.2, 0) is 4.74 Å². The van der Waals surface area contributed by atoms with E-state index in [2.05, 4.69) is 18.7 Å². The Balaban J connectivity index is 1.83. The molecule has 2 fully saturated rings. The second kappa shape index (κ2) is 3.58. The van der Waals surface area contributed by atoms with Crippen LogP contribution >= 0.6 is 0 Å². The van der Waals surface area contributed by atoms with Crippen molar-refractivity contribution in [2.45, 2.75) is 26.7 Å². The summed E-state index contributed by atoms with van der Waals surface area (Å²) in [5.74, 6) is 0.912. The fourth-order valence-electron chi connectivity index (χ4n) is 2.44. The van der Waals surface area contributed by atoms with Gasteiger partial charge in [-0.05, 0) is 25.3 Å². The molecule has 0 radical (unpaired) electrons. The maximum Gasteiger partial charge on any atom is 0.0557 e. The molecule has 0 aromatic rings. The van der Waals surface area contributed by atoms with Crippen LogP contribution < -0.4 is 0 Å². The van der Waals surface area contributed by atoms with Gasteiger partial charge in [-0.3, -0.25) is 0 Å². The van der Waals surface area contributed by atoms with Crippen molar-refractivity contribution in [2.24, 2.45) is 11.3 Å². The number of likely N-dealkylation sites (tertiary alicyclic amines) is 1. The van der Waals surface area contributed by atoms with Crippen molar-refractivity contribution in [2.75, 3.05) is 32.8 Å². The van der Waals surface area contributed by atoms with Gasteiger partial charge in [0.2, 0.25) is 0 Å². The van der Waals surface area contributed by atoms with Crippen LogP contribution in [0.1, 0.15) is 26.7 Å². The Labute approximate surface area is 81.3 Å². The molecule has 76 valence electrons. The molecule has 2 rings (SSSR count). The Morgan fingerprint density at radius 3 is 2.62 bits per heavy atom. The zero-order valence-corrected chi connectivity index (χ0v) is 8.88. The predicted octanol–water partition coefficient (Wildman–Crippen LogP) is 1.75. The molecular weight excluding hydrogens is 162 g/mol. The van der Waals surface area contributed by atoms with Crippen molar-refractivity contribution in [1.82, 2.24) is 4.90 Å². The summed E-state index contributed by atoms with van der Waals surface area (Å²) in [5.41, 5.74) is 0.518. The lowest BCUT2D eigenvalue weighted by Crippen LogP contribution is -2.50. The molecule has 2 aliphatic rings. The number of rotatable bonds is 3. The van der Waals surface area contributed by atoms with E-state index in [1.165, 1.54) is 32.5 Å². The smallest absolute Gasteiger partial charge is 0.0557 e. The Morgan fingerprint density at radius 1 is 1.46 bits per heavy atom. The first-order valence-corrected chi connectivity index (χ1v) is 5.54. The highest BCUT2D eigenvalue weighted by Gasteiger charge is 2.39. The van der Waals surface area contributed by atoms with Crippen molar-refractivity contribution < 1.29 is 4.74 Å². The molecule has 0 saturated carbocycles. The Morgan fingerprint density at radius 2 is 2.23 bits per heavy atom. The molecule has 0 aromatic heterocycles. The minimum absolute atomic E-state index is 0.518. The quantitative estimate of drug-likeness (QED) is 0.661. The summed E-state index contributed by atoms with van der Waals surface area (Å²) in [7, 11) is 0. The average molecular weight is 183 g/mol. The SMILES string of the molecule is CCC1(CN2CCC(C)C2)COC1. The molecular formula is C11H21NO. The minimum Gasteiger partial charge on any atom is -0.380 e. The monoisotopic (exact) mass is 183 g/mol. The maximum atomic E-state index is 5.34. The first-order chi connectivity index (χ1) is 6.24. The third-order valence-electron chi connectivity index (χ3n) is 3.63. The van der Waals surface area contributed by atoms with Gasteiger partial charge in [0.1, 0.15) is 0 Å². The van der Waals surface area contributed by atoms with Gasteiger partial charge in [0.15, 0.2) is 0 Å². The maximum absolute atomic E-state index is 5.34. The van der Waals surface area contributed by atoms with E-state index in [0.717, 1.165) is 19.1 Å². The van der Waals surface area contributed by atoms with Crippen LogP contribution in [0.3, 0.4) is 0 Å². The van der Waals surface area contributed by atoms with E-state index in [1.807, 2.05) is 0 Å². The fourth-order valence-corrected chi connectivity index (χ4v) is 2.44. The van der Waals surface area contributed by atoms with Gasteiger partial charge in [-0.2, -0.15) is 0 Å². The van der Waals surface area contributed by atoms with Gasteiger partial charge in [-0.25, -0.2) is 0 Å². The highest BCUT2D eigenvalue weighted by molar-refractivity contribution is 4.89. The molecule has 2 heterocycles. The van der Waals surface area contributed by atoms with Crippen LogP contribution in [0.2, 0.25) is 0 Å². The predicted molar refractivity (Wildman–Crippen MR) is 53.8 cm³/mol. The zero-order chi connectivity index (χ0) is 9.31. The van der Waals surface area contributed by atoms with Gasteiger partial charge in [0, 0.05) is 18.5 Å². The van der Waals surface area contributed by atoms with E-state index in [4.69, 9.17) is 4.74 Å². The third-order valence-corrected chi connectivity index (χ3v) is 3.63. The molecule has 13 heavy (non-hydrogen) atoms. The van der Waals surface area contributed by atoms with Crippen LogP contribution in [-0.4, -0.2) is 37.7 Å². The highest BCUT2D eigenvalue weighted by Crippen LogP contribution is 2.33. The van der Waals surface area contributed by atoms with Crippen LogP contribution in [0.5, 0.6) is 0 Å². The van der Waals surface area contributed by atoms with Crippen LogP contribution in [0.15, 0.2) is 0 Å². The van der Waals surface area contributed by atoms with Gasteiger partial charge in [-0.1, -0.05) is 13.8 Å². The van der Waals surface area contributed by atoms with Gasteiger partial charge >= 0.3 is 0 Å². The zero-order valence-electron chi connectivity index (χ0n) is 8.88. The number of hydrogen-bond donors (Lipinski definition) is 0. The Kier molecular flexibility index (Phi) is 2.61. The summed E-state index contributed by atoms with van der Waals surface area (Å²) in [6, 6.07) is 0. The lowest BCUT2D eigenvalue weighted by molar-refractivity contribution is -0.126. The van der Waals surface area contributed by atoms with Crippen LogP contribution in [0.25, 0.3) is 0 Å². The first kappa shape index (κ1) is 9.47. The van der Waals surface area contributed by atoms with Crippen molar-refractivity contribution in [3.63, 3.8) is 0 Å². The normalized spacial score (nSPS) is 33.2. The average Bonchev–Trinajstić information content (AvgIpc) is 2.44. The van der Waals surface area contributed by atoms with E-state index in [0.29, 0.717) is 5.41 Å². The molecule has 0 bridgehead atoms. The summed E-state index contributed by atoms with van der Waals surface area (Å²) in [5, 5.41) is 0. The molecule has 0 aromatic carbocycles. The summed E-state index contributed by atoms with van der Waals surface area (Å²) in [6.07, 6.45) is 2.67. The molecule has 0 aliphatic carbocycles. The lowest BCUT2D eigenvalue weighted by Gasteiger charge is -2.43. The Hall–Kier alpha value is -0.0800. The van der Waals surface area contributed by atoms with Gasteiger partial charge in [0.25, 0.3) is 0 Å². The van der Waals surface area contributed by atoms with Gasteiger partial charge < -0.3 is 9.64 Å². The van der Waals surface area contributed by atoms with E-state index in [-0.39, 0.29) is 0 Å². The second-order valence-corrected chi connectivity index (χ2v) is 4.98. The highest BCUT2D eigenvalue weighted by atomic mass is 16.5. The molecule has 1 unspecified atom stereocenters. The summed E-state index contributed by atoms with van der Waals surface area (Å²) < 4.78 is 5.34. The molecule has 1 atom stereocenters. The van der Waals surface area contributed by atoms with Crippen molar-refractivity contribution in [3.05, 3.63) is 0 Å². The summed E-state index contributed by atoms with van der Waals surface area (Å²) in [6.45, 7) is 10.5. The van der Waals surface area contributed by atoms with E-state index < -0.39 is 0 Å². The molecule has 0 amide bonds. The lowest BCUT2D eigenvalue weighted by atomic mass is 9.83. The summed E-state index contributed by atoms with van der Waals surface area (Å²) in [4.78, 5) is 2.62. The van der Waals surface area contributed by atoms with Gasteiger partial charge in [-0.15, -0.1) is 0 Å². The standard InChI is InChI=1S/C11H21NO/c1-3-11(8-13-9-11)7-12-5-4-10(2)6-12/h10H,3-9H2,1-2H3. The van der Waals surface area contributed by atoms with Crippen molar-refractivity contribution in [1.29, 1.82) is 0 Å². The van der Waals surface area contributed by atoms with Crippen LogP contribution in [0, 0.1) is 11.3 Å². The molecule has 0 spiro atoms. The third kappa shape index (κ3) is 1.89. The van der Waals surface area contributed by atoms with E-state index in [9.17, 15) is 0 Å². The van der Waals surface area contributed by atoms with Crippen LogP contribution in [0.4, 0.5) is 0 Å². The number of hydrogen-bond acceptors (Lipinski definition) is 2. The number of nitrogens with zero attached hydrogens (tertiary/aromatic N) is 1. The molecule has 2 heteroatoms. The van der Waals surface area contributed by atoms with Crippen molar-refractivity contribution >= 4 is 0 Å². The number of ether oxygens (including phenoxy) is 1. The fraction of sp³-hybridized carbons (Fsp3) is 1.00. The molecule has 2 aliphatic heterocycles.